The molecule has 76 valence electrons. The predicted molar refractivity (Wildman–Crippen MR) is 53.5 cm³/mol. The number of phenols is 1. The number of primary amides is 1. The van der Waals surface area contributed by atoms with Crippen LogP contribution in [-0.2, 0) is 4.79 Å². The van der Waals surface area contributed by atoms with Crippen molar-refractivity contribution in [1.82, 2.24) is 0 Å². The van der Waals surface area contributed by atoms with E-state index < -0.39 is 0 Å². The molecule has 5 N–H and O–H groups in total. The van der Waals surface area contributed by atoms with Crippen molar-refractivity contribution in [3.05, 3.63) is 29.8 Å². The first-order chi connectivity index (χ1) is 6.59. The van der Waals surface area contributed by atoms with Gasteiger partial charge in [0.15, 0.2) is 0 Å². The molecule has 0 radical (unpaired) electrons. The lowest BCUT2D eigenvalue weighted by atomic mass is 10.0. The van der Waals surface area contributed by atoms with Gasteiger partial charge in [-0.05, 0) is 24.1 Å². The van der Waals surface area contributed by atoms with Crippen LogP contribution < -0.4 is 11.5 Å². The molecule has 0 aliphatic carbocycles. The van der Waals surface area contributed by atoms with E-state index in [4.69, 9.17) is 11.5 Å². The molecule has 4 heteroatoms. The lowest BCUT2D eigenvalue weighted by Gasteiger charge is -2.10. The van der Waals surface area contributed by atoms with Gasteiger partial charge in [0.2, 0.25) is 5.91 Å². The first-order valence-corrected chi connectivity index (χ1v) is 4.42. The average molecular weight is 194 g/mol. The van der Waals surface area contributed by atoms with Crippen LogP contribution >= 0.6 is 0 Å². The van der Waals surface area contributed by atoms with E-state index in [2.05, 4.69) is 0 Å². The van der Waals surface area contributed by atoms with E-state index in [-0.39, 0.29) is 24.1 Å². The molecule has 1 amide bonds. The second-order valence-electron chi connectivity index (χ2n) is 3.21. The van der Waals surface area contributed by atoms with Crippen molar-refractivity contribution in [2.24, 2.45) is 11.5 Å². The molecule has 14 heavy (non-hydrogen) atoms. The van der Waals surface area contributed by atoms with Crippen LogP contribution in [0.25, 0.3) is 0 Å². The Bertz CT molecular complexity index is 326. The first-order valence-electron chi connectivity index (χ1n) is 4.42. The van der Waals surface area contributed by atoms with Crippen molar-refractivity contribution in [2.45, 2.75) is 18.9 Å². The maximum atomic E-state index is 10.5. The van der Waals surface area contributed by atoms with E-state index in [1.54, 1.807) is 18.2 Å². The molecule has 0 fully saturated rings. The largest absolute Gasteiger partial charge is 0.508 e. The molecule has 0 aromatic heterocycles. The third-order valence-corrected chi connectivity index (χ3v) is 2.00. The van der Waals surface area contributed by atoms with Crippen LogP contribution in [-0.4, -0.2) is 11.0 Å². The number of hydrogen-bond donors (Lipinski definition) is 3. The molecule has 0 saturated heterocycles. The number of benzene rings is 1. The van der Waals surface area contributed by atoms with Gasteiger partial charge in [-0.25, -0.2) is 0 Å². The van der Waals surface area contributed by atoms with E-state index in [1.807, 2.05) is 6.07 Å². The minimum atomic E-state index is -0.361. The van der Waals surface area contributed by atoms with Crippen molar-refractivity contribution < 1.29 is 9.90 Å². The highest BCUT2D eigenvalue weighted by Gasteiger charge is 2.07. The Kier molecular flexibility index (Phi) is 3.48. The molecule has 0 saturated carbocycles. The number of aromatic hydroxyl groups is 1. The zero-order valence-electron chi connectivity index (χ0n) is 7.81. The summed E-state index contributed by atoms with van der Waals surface area (Å²) >= 11 is 0. The smallest absolute Gasteiger partial charge is 0.217 e. The van der Waals surface area contributed by atoms with Crippen molar-refractivity contribution in [3.63, 3.8) is 0 Å². The van der Waals surface area contributed by atoms with Gasteiger partial charge >= 0.3 is 0 Å². The van der Waals surface area contributed by atoms with Gasteiger partial charge in [0, 0.05) is 12.5 Å². The molecule has 1 unspecified atom stereocenters. The molecule has 4 nitrogen and oxygen atoms in total. The molecule has 0 heterocycles. The summed E-state index contributed by atoms with van der Waals surface area (Å²) in [7, 11) is 0. The van der Waals surface area contributed by atoms with Crippen LogP contribution in [0, 0.1) is 0 Å². The molecule has 0 bridgehead atoms. The van der Waals surface area contributed by atoms with Crippen molar-refractivity contribution in [1.29, 1.82) is 0 Å². The maximum absolute atomic E-state index is 10.5. The average Bonchev–Trinajstić information content (AvgIpc) is 2.14. The van der Waals surface area contributed by atoms with Crippen LogP contribution in [0.4, 0.5) is 0 Å². The minimum absolute atomic E-state index is 0.178. The van der Waals surface area contributed by atoms with E-state index >= 15 is 0 Å². The quantitative estimate of drug-likeness (QED) is 0.657. The number of carbonyl (C=O) groups excluding carboxylic acids is 1. The molecular formula is C10H14N2O2. The van der Waals surface area contributed by atoms with E-state index in [0.717, 1.165) is 5.56 Å². The van der Waals surface area contributed by atoms with Gasteiger partial charge < -0.3 is 16.6 Å². The summed E-state index contributed by atoms with van der Waals surface area (Å²) in [4.78, 5) is 10.5. The van der Waals surface area contributed by atoms with E-state index in [0.29, 0.717) is 6.42 Å². The normalized spacial score (nSPS) is 12.4. The molecule has 0 aliphatic heterocycles. The zero-order valence-corrected chi connectivity index (χ0v) is 7.81. The van der Waals surface area contributed by atoms with Crippen molar-refractivity contribution in [3.8, 4) is 5.75 Å². The van der Waals surface area contributed by atoms with Gasteiger partial charge in [0.05, 0.1) is 0 Å². The number of phenolic OH excluding ortho intramolecular Hbond substituents is 1. The molecule has 0 aliphatic rings. The maximum Gasteiger partial charge on any atom is 0.217 e. The van der Waals surface area contributed by atoms with Crippen LogP contribution in [0.1, 0.15) is 24.4 Å². The van der Waals surface area contributed by atoms with Crippen molar-refractivity contribution in [2.75, 3.05) is 0 Å². The monoisotopic (exact) mass is 194 g/mol. The summed E-state index contributed by atoms with van der Waals surface area (Å²) in [6.45, 7) is 0. The van der Waals surface area contributed by atoms with Crippen LogP contribution in [0.15, 0.2) is 24.3 Å². The standard InChI is InChI=1S/C10H14N2O2/c11-9(4-5-10(12)14)7-2-1-3-8(13)6-7/h1-3,6,9,13H,4-5,11H2,(H2,12,14). The molecule has 0 spiro atoms. The van der Waals surface area contributed by atoms with Gasteiger partial charge in [-0.15, -0.1) is 0 Å². The SMILES string of the molecule is NC(=O)CCC(N)c1cccc(O)c1. The van der Waals surface area contributed by atoms with Crippen LogP contribution in [0.5, 0.6) is 5.75 Å². The van der Waals surface area contributed by atoms with Gasteiger partial charge in [0.25, 0.3) is 0 Å². The summed E-state index contributed by atoms with van der Waals surface area (Å²) in [6.07, 6.45) is 0.760. The number of amides is 1. The van der Waals surface area contributed by atoms with Gasteiger partial charge in [-0.3, -0.25) is 4.79 Å². The lowest BCUT2D eigenvalue weighted by Crippen LogP contribution is -2.16. The number of hydrogen-bond acceptors (Lipinski definition) is 3. The van der Waals surface area contributed by atoms with Crippen LogP contribution in [0.2, 0.25) is 0 Å². The lowest BCUT2D eigenvalue weighted by molar-refractivity contribution is -0.118. The Morgan fingerprint density at radius 2 is 2.21 bits per heavy atom. The van der Waals surface area contributed by atoms with Crippen LogP contribution in [0.3, 0.4) is 0 Å². The highest BCUT2D eigenvalue weighted by molar-refractivity contribution is 5.73. The fraction of sp³-hybridized carbons (Fsp3) is 0.300. The van der Waals surface area contributed by atoms with E-state index in [9.17, 15) is 9.90 Å². The second-order valence-corrected chi connectivity index (χ2v) is 3.21. The summed E-state index contributed by atoms with van der Waals surface area (Å²) in [5.41, 5.74) is 11.6. The third-order valence-electron chi connectivity index (χ3n) is 2.00. The molecule has 1 aromatic rings. The molecule has 1 rings (SSSR count). The third kappa shape index (κ3) is 3.06. The van der Waals surface area contributed by atoms with Gasteiger partial charge in [-0.1, -0.05) is 12.1 Å². The van der Waals surface area contributed by atoms with Gasteiger partial charge in [-0.2, -0.15) is 0 Å². The summed E-state index contributed by atoms with van der Waals surface area (Å²) < 4.78 is 0. The molecule has 1 atom stereocenters. The van der Waals surface area contributed by atoms with Crippen molar-refractivity contribution >= 4 is 5.91 Å². The minimum Gasteiger partial charge on any atom is -0.508 e. The fourth-order valence-electron chi connectivity index (χ4n) is 1.22. The summed E-state index contributed by atoms with van der Waals surface area (Å²) in [6, 6.07) is 6.44. The Morgan fingerprint density at radius 1 is 1.50 bits per heavy atom. The second kappa shape index (κ2) is 4.62. The number of rotatable bonds is 4. The topological polar surface area (TPSA) is 89.3 Å². The Hall–Kier alpha value is -1.55. The number of carbonyl (C=O) groups is 1. The Balaban J connectivity index is 2.60. The van der Waals surface area contributed by atoms with Gasteiger partial charge in [0.1, 0.15) is 5.75 Å². The highest BCUT2D eigenvalue weighted by Crippen LogP contribution is 2.19. The first kappa shape index (κ1) is 10.5. The molecule has 1 aromatic carbocycles. The van der Waals surface area contributed by atoms with E-state index in [1.165, 1.54) is 0 Å². The predicted octanol–water partition coefficient (Wildman–Crippen LogP) is 0.657. The summed E-state index contributed by atoms with van der Waals surface area (Å²) in [5, 5.41) is 9.19. The Labute approximate surface area is 82.5 Å². The Morgan fingerprint density at radius 3 is 2.79 bits per heavy atom. The zero-order chi connectivity index (χ0) is 10.6. The summed E-state index contributed by atoms with van der Waals surface area (Å²) in [5.74, 6) is -0.183. The molecular weight excluding hydrogens is 180 g/mol. The number of nitrogens with two attached hydrogens (primary N) is 2. The fourth-order valence-corrected chi connectivity index (χ4v) is 1.22. The highest BCUT2D eigenvalue weighted by atomic mass is 16.3.